The SMILES string of the molecule is CCCCOc1ccccc1NC(=O)C=Cc1ccc(OCCC)c(OC)c1. The molecule has 0 aliphatic carbocycles. The molecule has 0 radical (unpaired) electrons. The summed E-state index contributed by atoms with van der Waals surface area (Å²) >= 11 is 0. The second kappa shape index (κ2) is 11.7. The van der Waals surface area contributed by atoms with Crippen molar-refractivity contribution in [1.29, 1.82) is 0 Å². The number of nitrogens with one attached hydrogen (secondary N) is 1. The number of rotatable bonds is 11. The minimum atomic E-state index is -0.225. The number of amides is 1. The smallest absolute Gasteiger partial charge is 0.248 e. The lowest BCUT2D eigenvalue weighted by atomic mass is 10.2. The highest BCUT2D eigenvalue weighted by molar-refractivity contribution is 6.02. The third kappa shape index (κ3) is 6.65. The zero-order valence-electron chi connectivity index (χ0n) is 16.9. The first-order chi connectivity index (χ1) is 13.7. The number of hydrogen-bond donors (Lipinski definition) is 1. The van der Waals surface area contributed by atoms with E-state index in [0.717, 1.165) is 24.8 Å². The zero-order valence-corrected chi connectivity index (χ0v) is 16.9. The van der Waals surface area contributed by atoms with Crippen LogP contribution in [0.4, 0.5) is 5.69 Å². The van der Waals surface area contributed by atoms with Gasteiger partial charge in [0.1, 0.15) is 5.75 Å². The van der Waals surface area contributed by atoms with Crippen LogP contribution >= 0.6 is 0 Å². The molecule has 5 heteroatoms. The summed E-state index contributed by atoms with van der Waals surface area (Å²) in [6, 6.07) is 13.0. The molecular formula is C23H29NO4. The predicted molar refractivity (Wildman–Crippen MR) is 113 cm³/mol. The quantitative estimate of drug-likeness (QED) is 0.422. The maximum Gasteiger partial charge on any atom is 0.248 e. The van der Waals surface area contributed by atoms with E-state index in [4.69, 9.17) is 14.2 Å². The van der Waals surface area contributed by atoms with Gasteiger partial charge >= 0.3 is 0 Å². The largest absolute Gasteiger partial charge is 0.493 e. The van der Waals surface area contributed by atoms with Crippen LogP contribution in [-0.2, 0) is 4.79 Å². The van der Waals surface area contributed by atoms with Crippen molar-refractivity contribution in [2.24, 2.45) is 0 Å². The molecule has 1 amide bonds. The van der Waals surface area contributed by atoms with Crippen molar-refractivity contribution in [2.75, 3.05) is 25.6 Å². The Labute approximate surface area is 167 Å². The van der Waals surface area contributed by atoms with Crippen LogP contribution in [-0.4, -0.2) is 26.2 Å². The summed E-state index contributed by atoms with van der Waals surface area (Å²) in [6.07, 6.45) is 6.19. The molecule has 0 saturated carbocycles. The van der Waals surface area contributed by atoms with Crippen LogP contribution in [0.15, 0.2) is 48.5 Å². The standard InChI is InChI=1S/C23H29NO4/c1-4-6-16-28-20-10-8-7-9-19(20)24-23(25)14-12-18-11-13-21(27-15-5-2)22(17-18)26-3/h7-14,17H,4-6,15-16H2,1-3H3,(H,24,25). The molecule has 0 aliphatic heterocycles. The normalized spacial score (nSPS) is 10.7. The Morgan fingerprint density at radius 1 is 0.964 bits per heavy atom. The highest BCUT2D eigenvalue weighted by Crippen LogP contribution is 2.29. The molecule has 0 aliphatic rings. The second-order valence-electron chi connectivity index (χ2n) is 6.28. The fourth-order valence-electron chi connectivity index (χ4n) is 2.49. The molecule has 0 fully saturated rings. The van der Waals surface area contributed by atoms with Crippen LogP contribution in [0.1, 0.15) is 38.7 Å². The minimum absolute atomic E-state index is 0.225. The number of para-hydroxylation sites is 2. The molecule has 0 spiro atoms. The summed E-state index contributed by atoms with van der Waals surface area (Å²) in [5, 5.41) is 2.87. The van der Waals surface area contributed by atoms with E-state index in [9.17, 15) is 4.79 Å². The summed E-state index contributed by atoms with van der Waals surface area (Å²) in [5.74, 6) is 1.79. The topological polar surface area (TPSA) is 56.8 Å². The van der Waals surface area contributed by atoms with Gasteiger partial charge in [0.2, 0.25) is 5.91 Å². The summed E-state index contributed by atoms with van der Waals surface area (Å²) < 4.78 is 16.8. The maximum absolute atomic E-state index is 12.3. The summed E-state index contributed by atoms with van der Waals surface area (Å²) in [4.78, 5) is 12.3. The molecule has 0 unspecified atom stereocenters. The van der Waals surface area contributed by atoms with Crippen LogP contribution < -0.4 is 19.5 Å². The number of hydrogen-bond acceptors (Lipinski definition) is 4. The number of methoxy groups -OCH3 is 1. The van der Waals surface area contributed by atoms with Gasteiger partial charge in [-0.05, 0) is 48.7 Å². The average molecular weight is 383 g/mol. The molecule has 0 atom stereocenters. The number of anilines is 1. The summed E-state index contributed by atoms with van der Waals surface area (Å²) in [6.45, 7) is 5.42. The van der Waals surface area contributed by atoms with Crippen LogP contribution in [0.3, 0.4) is 0 Å². The Balaban J connectivity index is 2.02. The van der Waals surface area contributed by atoms with Crippen molar-refractivity contribution in [1.82, 2.24) is 0 Å². The molecule has 0 aromatic heterocycles. The van der Waals surface area contributed by atoms with Crippen molar-refractivity contribution in [3.8, 4) is 17.2 Å². The number of carbonyl (C=O) groups is 1. The molecule has 0 heterocycles. The van der Waals surface area contributed by atoms with Crippen LogP contribution in [0.2, 0.25) is 0 Å². The van der Waals surface area contributed by atoms with Gasteiger partial charge in [0.15, 0.2) is 11.5 Å². The Kier molecular flexibility index (Phi) is 8.92. The van der Waals surface area contributed by atoms with Crippen molar-refractivity contribution in [3.05, 3.63) is 54.1 Å². The molecule has 5 nitrogen and oxygen atoms in total. The van der Waals surface area contributed by atoms with Crippen molar-refractivity contribution >= 4 is 17.7 Å². The third-order valence-electron chi connectivity index (χ3n) is 3.98. The van der Waals surface area contributed by atoms with Gasteiger partial charge in [-0.3, -0.25) is 4.79 Å². The van der Waals surface area contributed by atoms with Crippen LogP contribution in [0, 0.1) is 0 Å². The van der Waals surface area contributed by atoms with Crippen molar-refractivity contribution < 1.29 is 19.0 Å². The van der Waals surface area contributed by atoms with Crippen LogP contribution in [0.25, 0.3) is 6.08 Å². The van der Waals surface area contributed by atoms with Crippen molar-refractivity contribution in [3.63, 3.8) is 0 Å². The number of unbranched alkanes of at least 4 members (excludes halogenated alkanes) is 1. The number of carbonyl (C=O) groups excluding carboxylic acids is 1. The monoisotopic (exact) mass is 383 g/mol. The molecule has 2 aromatic carbocycles. The van der Waals surface area contributed by atoms with Gasteiger partial charge in [-0.15, -0.1) is 0 Å². The minimum Gasteiger partial charge on any atom is -0.493 e. The second-order valence-corrected chi connectivity index (χ2v) is 6.28. The van der Waals surface area contributed by atoms with Crippen LogP contribution in [0.5, 0.6) is 17.2 Å². The van der Waals surface area contributed by atoms with Gasteiger partial charge in [-0.1, -0.05) is 38.5 Å². The van der Waals surface area contributed by atoms with E-state index in [1.165, 1.54) is 6.08 Å². The third-order valence-corrected chi connectivity index (χ3v) is 3.98. The van der Waals surface area contributed by atoms with Gasteiger partial charge in [-0.25, -0.2) is 0 Å². The lowest BCUT2D eigenvalue weighted by Gasteiger charge is -2.11. The Morgan fingerprint density at radius 3 is 2.50 bits per heavy atom. The van der Waals surface area contributed by atoms with E-state index >= 15 is 0 Å². The molecule has 0 saturated heterocycles. The van der Waals surface area contributed by atoms with E-state index in [1.807, 2.05) is 42.5 Å². The molecular weight excluding hydrogens is 354 g/mol. The summed E-state index contributed by atoms with van der Waals surface area (Å²) in [7, 11) is 1.60. The molecule has 2 rings (SSSR count). The Bertz CT molecular complexity index is 786. The van der Waals surface area contributed by atoms with Gasteiger partial charge in [0.25, 0.3) is 0 Å². The van der Waals surface area contributed by atoms with Gasteiger partial charge in [0.05, 0.1) is 26.0 Å². The Morgan fingerprint density at radius 2 is 1.75 bits per heavy atom. The van der Waals surface area contributed by atoms with E-state index in [2.05, 4.69) is 19.2 Å². The zero-order chi connectivity index (χ0) is 20.2. The lowest BCUT2D eigenvalue weighted by Crippen LogP contribution is -2.09. The van der Waals surface area contributed by atoms with E-state index in [-0.39, 0.29) is 5.91 Å². The summed E-state index contributed by atoms with van der Waals surface area (Å²) in [5.41, 5.74) is 1.51. The van der Waals surface area contributed by atoms with Gasteiger partial charge in [-0.2, -0.15) is 0 Å². The molecule has 150 valence electrons. The maximum atomic E-state index is 12.3. The van der Waals surface area contributed by atoms with E-state index in [0.29, 0.717) is 36.1 Å². The fourth-order valence-corrected chi connectivity index (χ4v) is 2.49. The molecule has 1 N–H and O–H groups in total. The van der Waals surface area contributed by atoms with E-state index in [1.54, 1.807) is 13.2 Å². The first kappa shape index (κ1) is 21.4. The highest BCUT2D eigenvalue weighted by atomic mass is 16.5. The predicted octanol–water partition coefficient (Wildman–Crippen LogP) is 5.31. The van der Waals surface area contributed by atoms with Gasteiger partial charge in [0, 0.05) is 6.08 Å². The van der Waals surface area contributed by atoms with E-state index < -0.39 is 0 Å². The molecule has 28 heavy (non-hydrogen) atoms. The van der Waals surface area contributed by atoms with Gasteiger partial charge < -0.3 is 19.5 Å². The number of ether oxygens (including phenoxy) is 3. The molecule has 2 aromatic rings. The van der Waals surface area contributed by atoms with Crippen molar-refractivity contribution in [2.45, 2.75) is 33.1 Å². The lowest BCUT2D eigenvalue weighted by molar-refractivity contribution is -0.111. The first-order valence-corrected chi connectivity index (χ1v) is 9.69. The Hall–Kier alpha value is -2.95. The highest BCUT2D eigenvalue weighted by Gasteiger charge is 2.07. The molecule has 0 bridgehead atoms. The first-order valence-electron chi connectivity index (χ1n) is 9.69. The average Bonchev–Trinajstić information content (AvgIpc) is 2.72. The number of benzene rings is 2. The fraction of sp³-hybridized carbons (Fsp3) is 0.348.